The van der Waals surface area contributed by atoms with Crippen molar-refractivity contribution < 1.29 is 9.53 Å². The van der Waals surface area contributed by atoms with E-state index in [4.69, 9.17) is 10.6 Å². The van der Waals surface area contributed by atoms with Crippen molar-refractivity contribution in [1.29, 1.82) is 0 Å². The molecule has 0 saturated heterocycles. The maximum Gasteiger partial charge on any atom is 0.238 e. The molecule has 0 aliphatic rings. The van der Waals surface area contributed by atoms with Crippen molar-refractivity contribution in [3.63, 3.8) is 0 Å². The molecule has 0 aromatic rings. The topological polar surface area (TPSA) is 55.6 Å². The summed E-state index contributed by atoms with van der Waals surface area (Å²) in [5.41, 5.74) is 0. The second kappa shape index (κ2) is 5.20. The molecule has 10 heavy (non-hydrogen) atoms. The molecule has 2 N–H and O–H groups in total. The van der Waals surface area contributed by atoms with E-state index >= 15 is 0 Å². The highest BCUT2D eigenvalue weighted by Crippen LogP contribution is 1.86. The van der Waals surface area contributed by atoms with E-state index in [0.29, 0.717) is 19.6 Å². The minimum Gasteiger partial charge on any atom is -0.384 e. The number of hydrogen-bond donors (Lipinski definition) is 1. The molecule has 60 valence electrons. The van der Waals surface area contributed by atoms with Crippen molar-refractivity contribution in [3.05, 3.63) is 0 Å². The molecule has 0 heterocycles. The Morgan fingerprint density at radius 2 is 2.30 bits per heavy atom. The summed E-state index contributed by atoms with van der Waals surface area (Å²) in [6.45, 7) is 2.81. The molecule has 0 fully saturated rings. The molecule has 1 amide bonds. The Labute approximate surface area is 60.9 Å². The zero-order chi connectivity index (χ0) is 7.98. The highest BCUT2D eigenvalue weighted by atomic mass is 16.5. The van der Waals surface area contributed by atoms with Crippen LogP contribution in [0.15, 0.2) is 0 Å². The number of hydrazine groups is 1. The van der Waals surface area contributed by atoms with Crippen LogP contribution in [0.1, 0.15) is 13.3 Å². The SMILES string of the molecule is CCN(N)C(=O)CCOC. The molecule has 0 atom stereocenters. The van der Waals surface area contributed by atoms with Gasteiger partial charge in [-0.25, -0.2) is 5.84 Å². The first-order valence-corrected chi connectivity index (χ1v) is 3.26. The van der Waals surface area contributed by atoms with Crippen molar-refractivity contribution >= 4 is 5.91 Å². The van der Waals surface area contributed by atoms with Crippen LogP contribution < -0.4 is 5.84 Å². The standard InChI is InChI=1S/C6H14N2O2/c1-3-8(7)6(9)4-5-10-2/h3-5,7H2,1-2H3. The normalized spacial score (nSPS) is 9.50. The highest BCUT2D eigenvalue weighted by molar-refractivity contribution is 5.75. The van der Waals surface area contributed by atoms with Gasteiger partial charge < -0.3 is 4.74 Å². The van der Waals surface area contributed by atoms with E-state index in [1.54, 1.807) is 7.11 Å². The van der Waals surface area contributed by atoms with Gasteiger partial charge in [0, 0.05) is 13.7 Å². The van der Waals surface area contributed by atoms with Gasteiger partial charge >= 0.3 is 0 Å². The predicted molar refractivity (Wildman–Crippen MR) is 38.1 cm³/mol. The summed E-state index contributed by atoms with van der Waals surface area (Å²) >= 11 is 0. The van der Waals surface area contributed by atoms with Gasteiger partial charge in [-0.3, -0.25) is 9.80 Å². The number of nitrogens with two attached hydrogens (primary N) is 1. The summed E-state index contributed by atoms with van der Waals surface area (Å²) in [4.78, 5) is 10.9. The molecular weight excluding hydrogens is 132 g/mol. The van der Waals surface area contributed by atoms with E-state index in [1.165, 1.54) is 5.01 Å². The van der Waals surface area contributed by atoms with Gasteiger partial charge in [-0.05, 0) is 6.92 Å². The maximum atomic E-state index is 10.9. The molecule has 4 nitrogen and oxygen atoms in total. The van der Waals surface area contributed by atoms with Crippen LogP contribution in [-0.4, -0.2) is 31.2 Å². The van der Waals surface area contributed by atoms with Crippen LogP contribution in [-0.2, 0) is 9.53 Å². The number of ether oxygens (including phenoxy) is 1. The van der Waals surface area contributed by atoms with Crippen molar-refractivity contribution in [2.24, 2.45) is 5.84 Å². The fourth-order valence-electron chi connectivity index (χ4n) is 0.509. The monoisotopic (exact) mass is 146 g/mol. The Balaban J connectivity index is 3.42. The minimum absolute atomic E-state index is 0.0793. The van der Waals surface area contributed by atoms with Crippen LogP contribution >= 0.6 is 0 Å². The third kappa shape index (κ3) is 3.42. The molecule has 0 bridgehead atoms. The maximum absolute atomic E-state index is 10.9. The van der Waals surface area contributed by atoms with Gasteiger partial charge in [-0.1, -0.05) is 0 Å². The van der Waals surface area contributed by atoms with E-state index in [9.17, 15) is 4.79 Å². The third-order valence-corrected chi connectivity index (χ3v) is 1.18. The third-order valence-electron chi connectivity index (χ3n) is 1.18. The van der Waals surface area contributed by atoms with E-state index < -0.39 is 0 Å². The molecule has 0 aromatic carbocycles. The molecule has 0 unspecified atom stereocenters. The van der Waals surface area contributed by atoms with Crippen LogP contribution in [0, 0.1) is 0 Å². The van der Waals surface area contributed by atoms with E-state index in [-0.39, 0.29) is 5.91 Å². The minimum atomic E-state index is -0.0793. The Kier molecular flexibility index (Phi) is 4.88. The van der Waals surface area contributed by atoms with Crippen LogP contribution in [0.3, 0.4) is 0 Å². The molecule has 0 spiro atoms. The molecule has 0 radical (unpaired) electrons. The van der Waals surface area contributed by atoms with Crippen molar-refractivity contribution in [3.8, 4) is 0 Å². The van der Waals surface area contributed by atoms with E-state index in [0.717, 1.165) is 0 Å². The molecule has 0 rings (SSSR count). The lowest BCUT2D eigenvalue weighted by Gasteiger charge is -2.12. The molecule has 4 heteroatoms. The first kappa shape index (κ1) is 9.39. The van der Waals surface area contributed by atoms with E-state index in [2.05, 4.69) is 0 Å². The molecule has 0 aliphatic carbocycles. The molecular formula is C6H14N2O2. The van der Waals surface area contributed by atoms with Gasteiger partial charge in [0.1, 0.15) is 0 Å². The van der Waals surface area contributed by atoms with Crippen molar-refractivity contribution in [2.45, 2.75) is 13.3 Å². The number of amides is 1. The van der Waals surface area contributed by atoms with Gasteiger partial charge in [0.25, 0.3) is 0 Å². The first-order chi connectivity index (χ1) is 4.72. The summed E-state index contributed by atoms with van der Waals surface area (Å²) < 4.78 is 4.70. The summed E-state index contributed by atoms with van der Waals surface area (Å²) in [6.07, 6.45) is 0.362. The summed E-state index contributed by atoms with van der Waals surface area (Å²) in [5, 5.41) is 1.18. The Bertz CT molecular complexity index is 106. The number of hydrogen-bond acceptors (Lipinski definition) is 3. The molecule has 0 saturated carbocycles. The lowest BCUT2D eigenvalue weighted by atomic mass is 10.4. The number of carbonyl (C=O) groups is 1. The first-order valence-electron chi connectivity index (χ1n) is 3.26. The largest absolute Gasteiger partial charge is 0.384 e. The van der Waals surface area contributed by atoms with Gasteiger partial charge in [0.2, 0.25) is 5.91 Å². The second-order valence-corrected chi connectivity index (χ2v) is 1.92. The Morgan fingerprint density at radius 1 is 1.70 bits per heavy atom. The highest BCUT2D eigenvalue weighted by Gasteiger charge is 2.04. The van der Waals surface area contributed by atoms with Crippen LogP contribution in [0.25, 0.3) is 0 Å². The van der Waals surface area contributed by atoms with Crippen LogP contribution in [0.4, 0.5) is 0 Å². The Morgan fingerprint density at radius 3 is 2.70 bits per heavy atom. The number of rotatable bonds is 4. The quantitative estimate of drug-likeness (QED) is 0.338. The summed E-state index contributed by atoms with van der Waals surface area (Å²) in [7, 11) is 1.56. The van der Waals surface area contributed by atoms with Gasteiger partial charge in [-0.2, -0.15) is 0 Å². The number of carbonyl (C=O) groups excluding carboxylic acids is 1. The lowest BCUT2D eigenvalue weighted by molar-refractivity contribution is -0.132. The van der Waals surface area contributed by atoms with Gasteiger partial charge in [0.15, 0.2) is 0 Å². The van der Waals surface area contributed by atoms with Gasteiger partial charge in [0.05, 0.1) is 13.0 Å². The lowest BCUT2D eigenvalue weighted by Crippen LogP contribution is -2.37. The van der Waals surface area contributed by atoms with Crippen molar-refractivity contribution in [1.82, 2.24) is 5.01 Å². The van der Waals surface area contributed by atoms with Crippen molar-refractivity contribution in [2.75, 3.05) is 20.3 Å². The van der Waals surface area contributed by atoms with Crippen LogP contribution in [0.5, 0.6) is 0 Å². The average Bonchev–Trinajstić information content (AvgIpc) is 1.98. The fourth-order valence-corrected chi connectivity index (χ4v) is 0.509. The Hall–Kier alpha value is -0.610. The summed E-state index contributed by atoms with van der Waals surface area (Å²) in [6, 6.07) is 0. The number of methoxy groups -OCH3 is 1. The van der Waals surface area contributed by atoms with Crippen LogP contribution in [0.2, 0.25) is 0 Å². The zero-order valence-corrected chi connectivity index (χ0v) is 6.46. The summed E-state index contributed by atoms with van der Waals surface area (Å²) in [5.74, 6) is 5.21. The molecule has 0 aliphatic heterocycles. The smallest absolute Gasteiger partial charge is 0.238 e. The predicted octanol–water partition coefficient (Wildman–Crippen LogP) is -0.255. The average molecular weight is 146 g/mol. The van der Waals surface area contributed by atoms with Gasteiger partial charge in [-0.15, -0.1) is 0 Å². The molecule has 0 aromatic heterocycles. The zero-order valence-electron chi connectivity index (χ0n) is 6.46. The fraction of sp³-hybridized carbons (Fsp3) is 0.833. The second-order valence-electron chi connectivity index (χ2n) is 1.92. The number of nitrogens with zero attached hydrogens (tertiary/aromatic N) is 1. The van der Waals surface area contributed by atoms with E-state index in [1.807, 2.05) is 6.92 Å².